The molecule has 135 heavy (non-hydrogen) atoms. The molecule has 21 nitrogen and oxygen atoms in total. The van der Waals surface area contributed by atoms with E-state index in [0.29, 0.717) is 70.2 Å². The Morgan fingerprint density at radius 2 is 0.630 bits per heavy atom. The Morgan fingerprint density at radius 1 is 0.319 bits per heavy atom. The summed E-state index contributed by atoms with van der Waals surface area (Å²) in [6.07, 6.45) is 30.7. The van der Waals surface area contributed by atoms with Gasteiger partial charge in [-0.1, -0.05) is 120 Å². The number of hydrogen-bond acceptors (Lipinski definition) is 13. The molecule has 8 aromatic carbocycles. The number of furan rings is 4. The number of nitrogens with zero attached hydrogens (tertiary/aromatic N) is 8. The molecule has 4 aliphatic carbocycles. The van der Waals surface area contributed by atoms with E-state index in [2.05, 4.69) is 61.4 Å². The molecule has 8 aromatic heterocycles. The Kier molecular flexibility index (Phi) is 29.3. The molecule has 4 saturated carbocycles. The smallest absolute Gasteiger partial charge is 0.291 e. The van der Waals surface area contributed by atoms with Crippen molar-refractivity contribution in [1.82, 2.24) is 38.2 Å². The molecule has 4 N–H and O–H groups in total. The van der Waals surface area contributed by atoms with E-state index >= 15 is 0 Å². The van der Waals surface area contributed by atoms with Gasteiger partial charge in [-0.15, -0.1) is 0 Å². The third kappa shape index (κ3) is 22.0. The predicted octanol–water partition coefficient (Wildman–Crippen LogP) is 28.1. The number of aryl methyl sites for hydroxylation is 1. The Hall–Kier alpha value is -15.0. The van der Waals surface area contributed by atoms with Crippen LogP contribution in [0.25, 0.3) is 90.8 Å². The van der Waals surface area contributed by atoms with Gasteiger partial charge in [-0.25, -0.2) is 46.3 Å². The van der Waals surface area contributed by atoms with Crippen LogP contribution in [0.2, 0.25) is 0 Å². The first kappa shape index (κ1) is 91.9. The van der Waals surface area contributed by atoms with Crippen molar-refractivity contribution in [1.29, 1.82) is 0 Å². The summed E-state index contributed by atoms with van der Waals surface area (Å²) in [7, 11) is 0. The van der Waals surface area contributed by atoms with Gasteiger partial charge in [0.15, 0.2) is 46.1 Å². The Morgan fingerprint density at radius 3 is 0.956 bits per heavy atom. The number of carbonyl (C=O) groups is 4. The molecule has 20 rings (SSSR count). The highest BCUT2D eigenvalue weighted by Gasteiger charge is 2.32. The van der Waals surface area contributed by atoms with Gasteiger partial charge in [0.1, 0.15) is 63.4 Å². The number of amides is 4. The second kappa shape index (κ2) is 43.1. The van der Waals surface area contributed by atoms with Gasteiger partial charge in [-0.3, -0.25) is 19.2 Å². The summed E-state index contributed by atoms with van der Waals surface area (Å²) < 4.78 is 120. The molecule has 4 amide bonds. The monoisotopic (exact) mass is 1820 g/mol. The molecule has 0 saturated heterocycles. The summed E-state index contributed by atoms with van der Waals surface area (Å²) in [5.74, 6) is -0.353. The Bertz CT molecular complexity index is 6720. The summed E-state index contributed by atoms with van der Waals surface area (Å²) in [6.45, 7) is 4.56. The van der Waals surface area contributed by atoms with Gasteiger partial charge < -0.3 is 61.9 Å². The summed E-state index contributed by atoms with van der Waals surface area (Å²) in [4.78, 5) is 69.9. The average molecular weight is 1830 g/mol. The molecule has 8 heterocycles. The van der Waals surface area contributed by atoms with Crippen molar-refractivity contribution in [3.8, 4) is 96.6 Å². The van der Waals surface area contributed by atoms with Crippen LogP contribution >= 0.6 is 0 Å². The number of nitrogens with one attached hydrogen (secondary N) is 4. The second-order valence-electron chi connectivity index (χ2n) is 34.0. The first-order valence-corrected chi connectivity index (χ1v) is 46.2. The molecule has 0 unspecified atom stereocenters. The Balaban J connectivity index is 0.000000125. The molecule has 0 atom stereocenters. The highest BCUT2D eigenvalue weighted by molar-refractivity contribution is 6.05. The number of halogens is 6. The van der Waals surface area contributed by atoms with Crippen molar-refractivity contribution >= 4 is 46.4 Å². The number of benzene rings is 8. The first-order chi connectivity index (χ1) is 65.9. The van der Waals surface area contributed by atoms with Gasteiger partial charge in [0.05, 0.1) is 60.4 Å². The lowest BCUT2D eigenvalue weighted by atomic mass is 9.95. The number of hydrogen-bond donors (Lipinski definition) is 4. The van der Waals surface area contributed by atoms with Gasteiger partial charge in [0, 0.05) is 63.5 Å². The van der Waals surface area contributed by atoms with Gasteiger partial charge in [-0.2, -0.15) is 0 Å². The molecule has 4 fully saturated rings. The normalized spacial score (nSPS) is 14.3. The van der Waals surface area contributed by atoms with Crippen LogP contribution in [0.4, 0.5) is 49.1 Å². The lowest BCUT2D eigenvalue weighted by Crippen LogP contribution is -2.13. The van der Waals surface area contributed by atoms with Crippen LogP contribution in [-0.4, -0.2) is 68.4 Å². The SMILES string of the molecule is CCOc1ccc(NC(=O)c2ccc(-c3c(-c4ccc(F)cc4)ncn3C3CCCCC3)o2)cc1.CCc1ccccc1NC(=O)c1ccc(-c2c(-c3ccc(F)cc3)ncn2C2CCCCC2)o1.O=C(Nc1cccc(F)c1)c1ccc(-c2c(-c3ccc(F)cc3)ncn2C2CCCCC2)o1.O=C(Nc1ccccc1F)c1ccc(-c2c(-c3ccc(F)cc3)ncn2C2CCCCC2)o1. The van der Waals surface area contributed by atoms with Gasteiger partial charge in [0.2, 0.25) is 0 Å². The highest BCUT2D eigenvalue weighted by Crippen LogP contribution is 2.45. The molecule has 16 aromatic rings. The predicted molar refractivity (Wildman–Crippen MR) is 508 cm³/mol. The van der Waals surface area contributed by atoms with E-state index in [4.69, 9.17) is 27.4 Å². The molecule has 4 aliphatic rings. The summed E-state index contributed by atoms with van der Waals surface area (Å²) >= 11 is 0. The molecule has 690 valence electrons. The molecule has 0 spiro atoms. The highest BCUT2D eigenvalue weighted by atomic mass is 19.1. The van der Waals surface area contributed by atoms with Gasteiger partial charge >= 0.3 is 0 Å². The topological polar surface area (TPSA) is 249 Å². The lowest BCUT2D eigenvalue weighted by molar-refractivity contribution is 0.0989. The lowest BCUT2D eigenvalue weighted by Gasteiger charge is -2.24. The van der Waals surface area contributed by atoms with Crippen LogP contribution in [0.3, 0.4) is 0 Å². The van der Waals surface area contributed by atoms with E-state index in [1.807, 2.05) is 62.0 Å². The maximum absolute atomic E-state index is 13.9. The fraction of sp³-hybridized carbons (Fsp3) is 0.259. The van der Waals surface area contributed by atoms with Crippen molar-refractivity contribution < 1.29 is 67.9 Å². The van der Waals surface area contributed by atoms with Crippen molar-refractivity contribution in [3.05, 3.63) is 331 Å². The average Bonchev–Trinajstić information content (AvgIpc) is 1.64. The Labute approximate surface area is 777 Å². The summed E-state index contributed by atoms with van der Waals surface area (Å²) in [5, 5.41) is 11.0. The zero-order chi connectivity index (χ0) is 93.3. The van der Waals surface area contributed by atoms with Crippen LogP contribution in [0.15, 0.2) is 286 Å². The number of aromatic nitrogens is 8. The van der Waals surface area contributed by atoms with E-state index in [1.54, 1.807) is 134 Å². The van der Waals surface area contributed by atoms with Crippen LogP contribution in [0.1, 0.15) is 214 Å². The van der Waals surface area contributed by atoms with E-state index in [1.165, 1.54) is 130 Å². The second-order valence-corrected chi connectivity index (χ2v) is 34.0. The molecular weight excluding hydrogens is 1720 g/mol. The van der Waals surface area contributed by atoms with E-state index in [-0.39, 0.29) is 75.9 Å². The van der Waals surface area contributed by atoms with Gasteiger partial charge in [0.25, 0.3) is 23.6 Å². The van der Waals surface area contributed by atoms with Crippen molar-refractivity contribution in [2.75, 3.05) is 27.9 Å². The summed E-state index contributed by atoms with van der Waals surface area (Å²) in [6, 6.07) is 66.4. The van der Waals surface area contributed by atoms with E-state index in [9.17, 15) is 45.5 Å². The number of rotatable bonds is 23. The minimum absolute atomic E-state index is 0.0645. The molecule has 0 aliphatic heterocycles. The molecular formula is C108H102F6N12O9. The van der Waals surface area contributed by atoms with Crippen molar-refractivity contribution in [2.24, 2.45) is 0 Å². The third-order valence-electron chi connectivity index (χ3n) is 25.0. The van der Waals surface area contributed by atoms with Crippen molar-refractivity contribution in [3.63, 3.8) is 0 Å². The fourth-order valence-corrected chi connectivity index (χ4v) is 18.2. The van der Waals surface area contributed by atoms with Gasteiger partial charge in [-0.05, 0) is 277 Å². The summed E-state index contributed by atoms with van der Waals surface area (Å²) in [5.41, 5.74) is 12.0. The molecule has 0 bridgehead atoms. The third-order valence-corrected chi connectivity index (χ3v) is 25.0. The quantitative estimate of drug-likeness (QED) is 0.0436. The minimum atomic E-state index is -0.543. The number of anilines is 4. The zero-order valence-corrected chi connectivity index (χ0v) is 74.8. The number of para-hydroxylation sites is 2. The van der Waals surface area contributed by atoms with E-state index < -0.39 is 23.4 Å². The maximum Gasteiger partial charge on any atom is 0.291 e. The van der Waals surface area contributed by atoms with E-state index in [0.717, 1.165) is 151 Å². The van der Waals surface area contributed by atoms with Crippen LogP contribution in [0, 0.1) is 34.9 Å². The first-order valence-electron chi connectivity index (χ1n) is 46.2. The van der Waals surface area contributed by atoms with Crippen LogP contribution in [0.5, 0.6) is 5.75 Å². The molecule has 0 radical (unpaired) electrons. The number of carbonyl (C=O) groups excluding carboxylic acids is 4. The maximum atomic E-state index is 13.9. The molecule has 27 heteroatoms. The number of ether oxygens (including phenoxy) is 1. The zero-order valence-electron chi connectivity index (χ0n) is 74.8. The number of imidazole rings is 4. The standard InChI is InChI=1S/C28H28FN3O3.C28H28FN3O2.2C26H23F2N3O2/c1-2-34-23-14-12-21(13-15-23)31-28(33)25-17-16-24(35-25)27-26(19-8-10-20(29)11-9-19)30-18-32(27)22-6-4-3-5-7-22;1-2-19-8-6-7-11-23(19)31-28(33)25-17-16-24(34-25)27-26(20-12-14-21(29)15-13-20)30-18-32(27)22-9-4-3-5-10-22;27-18-11-9-17(10-12-18)24-25(31(16-29-24)21-7-2-1-3-8-21)22-13-14-23(33-22)26(32)30-20-6-4-5-19(28)15-20;27-18-12-10-17(11-13-18)24-25(31(16-29-24)19-6-2-1-3-7-19)22-14-15-23(33-22)26(32)30-21-9-5-4-8-20(21)28/h8-18,22H,2-7H2,1H3,(H,31,33);6-8,11-18,22H,2-5,9-10H2,1H3,(H,31,33);4-6,9-16,21H,1-3,7-8H2,(H,30,32);4-5,8-16,19H,1-3,6-7H2,(H,30,32). The van der Waals surface area contributed by atoms with Crippen LogP contribution in [-0.2, 0) is 6.42 Å². The fourth-order valence-electron chi connectivity index (χ4n) is 18.2. The van der Waals surface area contributed by atoms with Crippen molar-refractivity contribution in [2.45, 2.75) is 173 Å². The van der Waals surface area contributed by atoms with Crippen LogP contribution < -0.4 is 26.0 Å². The largest absolute Gasteiger partial charge is 0.494 e. The minimum Gasteiger partial charge on any atom is -0.494 e.